The van der Waals surface area contributed by atoms with Gasteiger partial charge in [-0.3, -0.25) is 4.79 Å². The van der Waals surface area contributed by atoms with E-state index in [2.05, 4.69) is 4.74 Å². The summed E-state index contributed by atoms with van der Waals surface area (Å²) >= 11 is 0. The fraction of sp³-hybridized carbons (Fsp3) is 0.562. The van der Waals surface area contributed by atoms with Crippen LogP contribution in [0.3, 0.4) is 0 Å². The first-order valence-corrected chi connectivity index (χ1v) is 8.81. The van der Waals surface area contributed by atoms with Crippen molar-refractivity contribution in [2.75, 3.05) is 14.2 Å². The second kappa shape index (κ2) is 8.31. The molecule has 0 N–H and O–H groups in total. The van der Waals surface area contributed by atoms with E-state index >= 15 is 0 Å². The third-order valence-corrected chi connectivity index (χ3v) is 5.23. The normalized spacial score (nSPS) is 14.3. The van der Waals surface area contributed by atoms with E-state index in [-0.39, 0.29) is 30.2 Å². The molecule has 1 rings (SSSR count). The van der Waals surface area contributed by atoms with Gasteiger partial charge in [-0.25, -0.2) is 0 Å². The van der Waals surface area contributed by atoms with E-state index in [1.54, 1.807) is 38.1 Å². The van der Waals surface area contributed by atoms with Crippen LogP contribution in [0, 0.1) is 0 Å². The number of hydrogen-bond donors (Lipinski definition) is 0. The molecule has 0 radical (unpaired) electrons. The molecule has 0 heterocycles. The summed E-state index contributed by atoms with van der Waals surface area (Å²) in [4.78, 5) is 11.4. The van der Waals surface area contributed by atoms with E-state index in [0.717, 1.165) is 5.56 Å². The van der Waals surface area contributed by atoms with Crippen molar-refractivity contribution in [3.8, 4) is 5.75 Å². The zero-order valence-electron chi connectivity index (χ0n) is 14.1. The number of hydrogen-bond acceptors (Lipinski definition) is 6. The molecular weight excluding hydrogens is 320 g/mol. The van der Waals surface area contributed by atoms with E-state index in [0.29, 0.717) is 0 Å². The minimum absolute atomic E-state index is 0.0603. The van der Waals surface area contributed by atoms with Gasteiger partial charge in [0.25, 0.3) is 0 Å². The Morgan fingerprint density at radius 2 is 1.65 bits per heavy atom. The van der Waals surface area contributed by atoms with Gasteiger partial charge in [0.15, 0.2) is 0 Å². The van der Waals surface area contributed by atoms with Crippen molar-refractivity contribution < 1.29 is 26.9 Å². The van der Waals surface area contributed by atoms with Gasteiger partial charge >= 0.3 is 16.1 Å². The van der Waals surface area contributed by atoms with Crippen molar-refractivity contribution >= 4 is 16.1 Å². The van der Waals surface area contributed by atoms with Crippen LogP contribution in [-0.4, -0.2) is 40.0 Å². The maximum Gasteiger partial charge on any atom is 0.311 e. The highest BCUT2D eigenvalue weighted by Gasteiger charge is 2.23. The van der Waals surface area contributed by atoms with Crippen LogP contribution >= 0.6 is 0 Å². The van der Waals surface area contributed by atoms with Crippen molar-refractivity contribution in [1.29, 1.82) is 0 Å². The summed E-state index contributed by atoms with van der Waals surface area (Å²) in [5.41, 5.74) is 0.912. The number of carbonyl (C=O) groups excluding carboxylic acids is 1. The van der Waals surface area contributed by atoms with E-state index in [1.165, 1.54) is 14.2 Å². The van der Waals surface area contributed by atoms with Crippen LogP contribution in [-0.2, 0) is 24.4 Å². The van der Waals surface area contributed by atoms with Crippen LogP contribution in [0.5, 0.6) is 5.75 Å². The highest BCUT2D eigenvalue weighted by molar-refractivity contribution is 7.87. The molecule has 0 aliphatic carbocycles. The lowest BCUT2D eigenvalue weighted by Gasteiger charge is -2.22. The molecule has 0 aliphatic rings. The molecular formula is C16H24O6S. The number of ether oxygens (including phenoxy) is 2. The van der Waals surface area contributed by atoms with Crippen molar-refractivity contribution in [1.82, 2.24) is 0 Å². The highest BCUT2D eigenvalue weighted by atomic mass is 32.2. The van der Waals surface area contributed by atoms with E-state index in [1.807, 2.05) is 6.92 Å². The van der Waals surface area contributed by atoms with Crippen molar-refractivity contribution in [2.24, 2.45) is 0 Å². The number of methoxy groups -OCH3 is 2. The Hall–Kier alpha value is -1.60. The standard InChI is InChI=1S/C16H24O6S/c1-11(2)23(18,19)22-14-8-6-13(7-9-14)12(3)15(20-4)10-16(17)21-5/h6-9,11-12,15H,10H2,1-5H3/t12-,15-/m1/s1. The first kappa shape index (κ1) is 19.4. The number of benzene rings is 1. The summed E-state index contributed by atoms with van der Waals surface area (Å²) in [6.45, 7) is 5.04. The molecule has 0 amide bonds. The lowest BCUT2D eigenvalue weighted by atomic mass is 9.93. The lowest BCUT2D eigenvalue weighted by molar-refractivity contribution is -0.143. The highest BCUT2D eigenvalue weighted by Crippen LogP contribution is 2.26. The molecule has 0 saturated heterocycles. The maximum atomic E-state index is 11.7. The molecule has 0 bridgehead atoms. The monoisotopic (exact) mass is 344 g/mol. The van der Waals surface area contributed by atoms with Crippen LogP contribution in [0.1, 0.15) is 38.7 Å². The van der Waals surface area contributed by atoms with Gasteiger partial charge in [-0.2, -0.15) is 8.42 Å². The number of rotatable bonds is 8. The van der Waals surface area contributed by atoms with Crippen molar-refractivity contribution in [3.05, 3.63) is 29.8 Å². The number of carbonyl (C=O) groups is 1. The second-order valence-electron chi connectivity index (χ2n) is 5.54. The van der Waals surface area contributed by atoms with Gasteiger partial charge in [0.2, 0.25) is 0 Å². The summed E-state index contributed by atoms with van der Waals surface area (Å²) in [6.07, 6.45) is -0.178. The average Bonchev–Trinajstić information content (AvgIpc) is 2.51. The Morgan fingerprint density at radius 3 is 2.09 bits per heavy atom. The van der Waals surface area contributed by atoms with E-state index in [9.17, 15) is 13.2 Å². The average molecular weight is 344 g/mol. The van der Waals surface area contributed by atoms with Crippen LogP contribution in [0.2, 0.25) is 0 Å². The van der Waals surface area contributed by atoms with Gasteiger partial charge in [0, 0.05) is 13.0 Å². The zero-order valence-corrected chi connectivity index (χ0v) is 14.9. The van der Waals surface area contributed by atoms with Gasteiger partial charge in [0.05, 0.1) is 24.9 Å². The Labute approximate surface area is 137 Å². The molecule has 0 fully saturated rings. The van der Waals surface area contributed by atoms with Gasteiger partial charge in [-0.05, 0) is 31.5 Å². The molecule has 1 aromatic rings. The fourth-order valence-electron chi connectivity index (χ4n) is 1.98. The summed E-state index contributed by atoms with van der Waals surface area (Å²) in [6, 6.07) is 6.71. The van der Waals surface area contributed by atoms with Crippen LogP contribution in [0.25, 0.3) is 0 Å². The molecule has 0 unspecified atom stereocenters. The first-order chi connectivity index (χ1) is 10.7. The second-order valence-corrected chi connectivity index (χ2v) is 7.63. The van der Waals surface area contributed by atoms with Gasteiger partial charge in [-0.15, -0.1) is 0 Å². The largest absolute Gasteiger partial charge is 0.469 e. The first-order valence-electron chi connectivity index (χ1n) is 7.34. The van der Waals surface area contributed by atoms with Gasteiger partial charge in [-0.1, -0.05) is 19.1 Å². The molecule has 0 saturated carbocycles. The minimum Gasteiger partial charge on any atom is -0.469 e. The maximum absolute atomic E-state index is 11.7. The molecule has 0 aliphatic heterocycles. The Bertz CT molecular complexity index is 606. The van der Waals surface area contributed by atoms with Crippen molar-refractivity contribution in [2.45, 2.75) is 44.5 Å². The van der Waals surface area contributed by atoms with Crippen LogP contribution in [0.15, 0.2) is 24.3 Å². The topological polar surface area (TPSA) is 78.9 Å². The predicted octanol–water partition coefficient (Wildman–Crippen LogP) is 2.49. The van der Waals surface area contributed by atoms with E-state index in [4.69, 9.17) is 8.92 Å². The van der Waals surface area contributed by atoms with Crippen LogP contribution in [0.4, 0.5) is 0 Å². The molecule has 1 aromatic carbocycles. The molecule has 130 valence electrons. The van der Waals surface area contributed by atoms with Crippen LogP contribution < -0.4 is 4.18 Å². The lowest BCUT2D eigenvalue weighted by Crippen LogP contribution is -2.23. The summed E-state index contributed by atoms with van der Waals surface area (Å²) in [7, 11) is -0.738. The minimum atomic E-state index is -3.61. The Balaban J connectivity index is 2.84. The molecule has 0 aromatic heterocycles. The Kier molecular flexibility index (Phi) is 7.02. The smallest absolute Gasteiger partial charge is 0.311 e. The Morgan fingerprint density at radius 1 is 1.09 bits per heavy atom. The number of esters is 1. The molecule has 23 heavy (non-hydrogen) atoms. The van der Waals surface area contributed by atoms with E-state index < -0.39 is 15.4 Å². The quantitative estimate of drug-likeness (QED) is 0.532. The third kappa shape index (κ3) is 5.51. The summed E-state index contributed by atoms with van der Waals surface area (Å²) in [5.74, 6) is -0.141. The molecule has 6 nitrogen and oxygen atoms in total. The summed E-state index contributed by atoms with van der Waals surface area (Å²) in [5, 5.41) is -0.612. The predicted molar refractivity (Wildman–Crippen MR) is 87.0 cm³/mol. The molecule has 0 spiro atoms. The zero-order chi connectivity index (χ0) is 17.6. The van der Waals surface area contributed by atoms with Crippen molar-refractivity contribution in [3.63, 3.8) is 0 Å². The third-order valence-electron chi connectivity index (χ3n) is 3.65. The fourth-order valence-corrected chi connectivity index (χ4v) is 2.56. The molecule has 2 atom stereocenters. The summed E-state index contributed by atoms with van der Waals surface area (Å²) < 4.78 is 38.5. The molecule has 7 heteroatoms. The van der Waals surface area contributed by atoms with Gasteiger partial charge < -0.3 is 13.7 Å². The van der Waals surface area contributed by atoms with Gasteiger partial charge in [0.1, 0.15) is 5.75 Å². The SMILES string of the molecule is COC(=O)C[C@@H](OC)[C@H](C)c1ccc(OS(=O)(=O)C(C)C)cc1.